The maximum Gasteiger partial charge on any atom is 0.255 e. The average molecular weight is 508 g/mol. The van der Waals surface area contributed by atoms with Crippen LogP contribution in [0.1, 0.15) is 21.5 Å². The summed E-state index contributed by atoms with van der Waals surface area (Å²) in [6.45, 7) is -0.522. The van der Waals surface area contributed by atoms with Gasteiger partial charge in [0.15, 0.2) is 12.4 Å². The van der Waals surface area contributed by atoms with Gasteiger partial charge >= 0.3 is 0 Å². The summed E-state index contributed by atoms with van der Waals surface area (Å²) in [5.74, 6) is -2.50. The van der Waals surface area contributed by atoms with Gasteiger partial charge in [-0.25, -0.2) is 12.8 Å². The van der Waals surface area contributed by atoms with Gasteiger partial charge in [0.1, 0.15) is 11.6 Å². The molecular weight excluding hydrogens is 488 g/mol. The lowest BCUT2D eigenvalue weighted by molar-refractivity contribution is -0.119. The van der Waals surface area contributed by atoms with Crippen LogP contribution in [0.5, 0.6) is 5.75 Å². The first-order chi connectivity index (χ1) is 14.4. The predicted octanol–water partition coefficient (Wildman–Crippen LogP) is 1.35. The summed E-state index contributed by atoms with van der Waals surface area (Å²) in [4.78, 5) is 23.5. The van der Waals surface area contributed by atoms with Gasteiger partial charge in [-0.05, 0) is 18.2 Å². The molecule has 0 saturated heterocycles. The van der Waals surface area contributed by atoms with Gasteiger partial charge in [0.25, 0.3) is 11.8 Å². The van der Waals surface area contributed by atoms with E-state index in [0.29, 0.717) is 11.1 Å². The minimum absolute atomic E-state index is 0. The molecule has 2 aromatic carbocycles. The Morgan fingerprint density at radius 2 is 1.84 bits per heavy atom. The Bertz CT molecular complexity index is 1160. The molecule has 0 fully saturated rings. The quantitative estimate of drug-likeness (QED) is 0.252. The van der Waals surface area contributed by atoms with Crippen molar-refractivity contribution in [3.63, 3.8) is 0 Å². The van der Waals surface area contributed by atoms with Crippen LogP contribution in [0.3, 0.4) is 0 Å². The fraction of sp³-hybridized carbons (Fsp3) is 0.167. The van der Waals surface area contributed by atoms with E-state index >= 15 is 0 Å². The first-order valence-electron chi connectivity index (χ1n) is 8.51. The van der Waals surface area contributed by atoms with E-state index in [1.165, 1.54) is 18.2 Å². The molecule has 14 heteroatoms. The van der Waals surface area contributed by atoms with E-state index in [9.17, 15) is 22.4 Å². The second-order valence-corrected chi connectivity index (χ2v) is 8.52. The highest BCUT2D eigenvalue weighted by Gasteiger charge is 2.17. The van der Waals surface area contributed by atoms with Crippen molar-refractivity contribution in [2.45, 2.75) is 6.54 Å². The van der Waals surface area contributed by atoms with E-state index in [2.05, 4.69) is 5.32 Å². The highest BCUT2D eigenvalue weighted by molar-refractivity contribution is 7.92. The molecule has 0 aliphatic carbocycles. The molecule has 0 atom stereocenters. The normalized spacial score (nSPS) is 10.6. The molecule has 0 bridgehead atoms. The van der Waals surface area contributed by atoms with Crippen molar-refractivity contribution in [3.05, 3.63) is 57.9 Å². The first-order valence-corrected chi connectivity index (χ1v) is 10.8. The van der Waals surface area contributed by atoms with Crippen LogP contribution in [0.2, 0.25) is 5.02 Å². The first kappa shape index (κ1) is 26.9. The summed E-state index contributed by atoms with van der Waals surface area (Å²) in [7, 11) is -3.81. The van der Waals surface area contributed by atoms with Crippen molar-refractivity contribution in [3.8, 4) is 5.75 Å². The van der Waals surface area contributed by atoms with Crippen molar-refractivity contribution in [1.29, 1.82) is 5.41 Å². The van der Waals surface area contributed by atoms with E-state index in [4.69, 9.17) is 33.2 Å². The van der Waals surface area contributed by atoms with Gasteiger partial charge < -0.3 is 21.5 Å². The summed E-state index contributed by atoms with van der Waals surface area (Å²) in [5, 5.41) is 9.59. The summed E-state index contributed by atoms with van der Waals surface area (Å²) >= 11 is 5.77. The van der Waals surface area contributed by atoms with Crippen molar-refractivity contribution in [2.24, 2.45) is 11.5 Å². The Morgan fingerprint density at radius 1 is 1.19 bits per heavy atom. The van der Waals surface area contributed by atoms with Crippen LogP contribution in [0.15, 0.2) is 30.3 Å². The number of anilines is 1. The maximum absolute atomic E-state index is 14.1. The van der Waals surface area contributed by atoms with E-state index in [1.807, 2.05) is 4.72 Å². The highest BCUT2D eigenvalue weighted by Crippen LogP contribution is 2.26. The van der Waals surface area contributed by atoms with Crippen molar-refractivity contribution in [1.82, 2.24) is 5.32 Å². The largest absolute Gasteiger partial charge is 0.483 e. The number of carbonyl (C=O) groups excluding carboxylic acids is 2. The van der Waals surface area contributed by atoms with Crippen molar-refractivity contribution < 1.29 is 27.1 Å². The number of amidine groups is 1. The van der Waals surface area contributed by atoms with Crippen molar-refractivity contribution >= 4 is 57.4 Å². The van der Waals surface area contributed by atoms with Crippen LogP contribution in [-0.2, 0) is 21.4 Å². The average Bonchev–Trinajstić information content (AvgIpc) is 2.66. The Balaban J connectivity index is 0.00000512. The molecule has 2 aromatic rings. The smallest absolute Gasteiger partial charge is 0.255 e. The predicted molar refractivity (Wildman–Crippen MR) is 120 cm³/mol. The number of hydrogen-bond donors (Lipinski definition) is 5. The lowest BCUT2D eigenvalue weighted by Crippen LogP contribution is -2.25. The number of benzene rings is 2. The van der Waals surface area contributed by atoms with Gasteiger partial charge in [-0.1, -0.05) is 23.7 Å². The van der Waals surface area contributed by atoms with E-state index in [1.54, 1.807) is 0 Å². The third-order valence-electron chi connectivity index (χ3n) is 3.77. The number of nitrogens with two attached hydrogens (primary N) is 2. The maximum atomic E-state index is 14.1. The molecule has 10 nitrogen and oxygen atoms in total. The number of nitrogen functional groups attached to an aromatic ring is 1. The molecule has 0 radical (unpaired) electrons. The summed E-state index contributed by atoms with van der Waals surface area (Å²) in [5.41, 5.74) is 10.7. The molecule has 0 aromatic heterocycles. The standard InChI is InChI=1S/C18H19ClFN5O5S.ClH/c1-31(28,29)25-13-5-11(4-12(19)16(13)20)18(27)24-7-10-3-2-9(17(22)23)6-14(10)30-8-15(21)26;/h2-6,25H,7-8H2,1H3,(H2,21,26)(H3,22,23)(H,24,27);1H. The van der Waals surface area contributed by atoms with Crippen LogP contribution in [0.25, 0.3) is 0 Å². The number of carbonyl (C=O) groups is 2. The molecule has 32 heavy (non-hydrogen) atoms. The summed E-state index contributed by atoms with van der Waals surface area (Å²) in [6.07, 6.45) is 0.825. The number of ether oxygens (including phenoxy) is 1. The van der Waals surface area contributed by atoms with Gasteiger partial charge in [0.2, 0.25) is 10.0 Å². The van der Waals surface area contributed by atoms with Gasteiger partial charge in [0, 0.05) is 23.2 Å². The zero-order valence-electron chi connectivity index (χ0n) is 16.6. The SMILES string of the molecule is CS(=O)(=O)Nc1cc(C(=O)NCc2ccc(C(=N)N)cc2OCC(N)=O)cc(Cl)c1F.Cl. The molecule has 0 aliphatic heterocycles. The fourth-order valence-corrected chi connectivity index (χ4v) is 3.19. The molecule has 0 unspecified atom stereocenters. The summed E-state index contributed by atoms with van der Waals surface area (Å²) in [6, 6.07) is 6.51. The Hall–Kier alpha value is -3.09. The molecule has 2 rings (SSSR count). The number of halogens is 3. The van der Waals surface area contributed by atoms with Gasteiger partial charge in [-0.15, -0.1) is 12.4 Å². The topological polar surface area (TPSA) is 177 Å². The van der Waals surface area contributed by atoms with Gasteiger partial charge in [-0.3, -0.25) is 19.7 Å². The third kappa shape index (κ3) is 7.55. The van der Waals surface area contributed by atoms with Crippen LogP contribution >= 0.6 is 24.0 Å². The second kappa shape index (κ2) is 11.0. The zero-order chi connectivity index (χ0) is 23.3. The second-order valence-electron chi connectivity index (χ2n) is 6.37. The van der Waals surface area contributed by atoms with E-state index in [-0.39, 0.29) is 36.1 Å². The highest BCUT2D eigenvalue weighted by atomic mass is 35.5. The van der Waals surface area contributed by atoms with Crippen LogP contribution < -0.4 is 26.2 Å². The van der Waals surface area contributed by atoms with E-state index in [0.717, 1.165) is 18.4 Å². The number of nitrogens with one attached hydrogen (secondary N) is 3. The molecule has 0 heterocycles. The number of primary amides is 1. The minimum Gasteiger partial charge on any atom is -0.483 e. The third-order valence-corrected chi connectivity index (χ3v) is 4.64. The molecular formula is C18H20Cl2FN5O5S. The van der Waals surface area contributed by atoms with Crippen molar-refractivity contribution in [2.75, 3.05) is 17.6 Å². The number of rotatable bonds is 9. The molecule has 0 saturated carbocycles. The lowest BCUT2D eigenvalue weighted by Gasteiger charge is -2.14. The van der Waals surface area contributed by atoms with Gasteiger partial charge in [0.05, 0.1) is 17.0 Å². The zero-order valence-corrected chi connectivity index (χ0v) is 19.0. The monoisotopic (exact) mass is 507 g/mol. The Labute approximate surface area is 194 Å². The van der Waals surface area contributed by atoms with E-state index < -0.39 is 45.0 Å². The number of amides is 2. The Morgan fingerprint density at radius 3 is 2.41 bits per heavy atom. The molecule has 2 amide bonds. The number of hydrogen-bond acceptors (Lipinski definition) is 6. The fourth-order valence-electron chi connectivity index (χ4n) is 2.42. The minimum atomic E-state index is -3.81. The van der Waals surface area contributed by atoms with Crippen LogP contribution in [-0.4, -0.2) is 38.9 Å². The van der Waals surface area contributed by atoms with Crippen LogP contribution in [0.4, 0.5) is 10.1 Å². The Kier molecular flexibility index (Phi) is 9.24. The van der Waals surface area contributed by atoms with Crippen LogP contribution in [0, 0.1) is 11.2 Å². The molecule has 7 N–H and O–H groups in total. The number of sulfonamides is 1. The molecule has 0 aliphatic rings. The lowest BCUT2D eigenvalue weighted by atomic mass is 10.1. The van der Waals surface area contributed by atoms with Gasteiger partial charge in [-0.2, -0.15) is 0 Å². The summed E-state index contributed by atoms with van der Waals surface area (Å²) < 4.78 is 44.1. The molecule has 0 spiro atoms. The molecule has 174 valence electrons.